The van der Waals surface area contributed by atoms with Gasteiger partial charge in [-0.3, -0.25) is 4.79 Å². The van der Waals surface area contributed by atoms with Gasteiger partial charge in [-0.05, 0) is 64.9 Å². The molecule has 0 spiro atoms. The molecule has 0 aliphatic heterocycles. The van der Waals surface area contributed by atoms with Crippen molar-refractivity contribution in [1.82, 2.24) is 0 Å². The molecule has 2 rings (SSSR count). The molecule has 1 aromatic rings. The number of carbonyl (C=O) groups excluding carboxylic acids is 1. The zero-order valence-corrected chi connectivity index (χ0v) is 9.43. The first-order chi connectivity index (χ1) is 6.68. The zero-order chi connectivity index (χ0) is 10.1. The fourth-order valence-corrected chi connectivity index (χ4v) is 2.53. The van der Waals surface area contributed by atoms with Gasteiger partial charge >= 0.3 is 0 Å². The first-order valence-corrected chi connectivity index (χ1v) is 5.59. The predicted octanol–water partition coefficient (Wildman–Crippen LogP) is 2.43. The summed E-state index contributed by atoms with van der Waals surface area (Å²) in [5, 5.41) is 0. The molecule has 1 aromatic carbocycles. The summed E-state index contributed by atoms with van der Waals surface area (Å²) < 4.78 is 0.825. The maximum Gasteiger partial charge on any atom is 0.249 e. The smallest absolute Gasteiger partial charge is 0.249 e. The Morgan fingerprint density at radius 3 is 2.36 bits per heavy atom. The third-order valence-electron chi connectivity index (χ3n) is 2.70. The fraction of sp³-hybridized carbons (Fsp3) is 0.364. The van der Waals surface area contributed by atoms with Crippen molar-refractivity contribution in [2.45, 2.75) is 25.7 Å². The number of nitrogens with two attached hydrogens (primary N) is 1. The van der Waals surface area contributed by atoms with E-state index in [1.54, 1.807) is 0 Å². The van der Waals surface area contributed by atoms with Gasteiger partial charge in [0.2, 0.25) is 5.91 Å². The van der Waals surface area contributed by atoms with Gasteiger partial charge in [-0.25, -0.2) is 0 Å². The molecular formula is C11H12BrNO. The number of aryl methyl sites for hydroxylation is 2. The molecule has 1 amide bonds. The SMILES string of the molecule is NC(=O)c1cc2c(cc1Br)CCCC2. The molecule has 0 bridgehead atoms. The monoisotopic (exact) mass is 253 g/mol. The van der Waals surface area contributed by atoms with Gasteiger partial charge in [0.05, 0.1) is 5.56 Å². The van der Waals surface area contributed by atoms with Gasteiger partial charge in [-0.15, -0.1) is 0 Å². The molecule has 0 atom stereocenters. The van der Waals surface area contributed by atoms with Crippen molar-refractivity contribution in [2.24, 2.45) is 5.73 Å². The highest BCUT2D eigenvalue weighted by Crippen LogP contribution is 2.27. The Labute approximate surface area is 91.6 Å². The minimum Gasteiger partial charge on any atom is -0.366 e. The lowest BCUT2D eigenvalue weighted by Gasteiger charge is -2.16. The average Bonchev–Trinajstić information content (AvgIpc) is 2.16. The summed E-state index contributed by atoms with van der Waals surface area (Å²) in [6.45, 7) is 0. The number of rotatable bonds is 1. The number of hydrogen-bond acceptors (Lipinski definition) is 1. The number of benzene rings is 1. The first kappa shape index (κ1) is 9.71. The van der Waals surface area contributed by atoms with E-state index in [0.717, 1.165) is 17.3 Å². The lowest BCUT2D eigenvalue weighted by atomic mass is 9.90. The van der Waals surface area contributed by atoms with Gasteiger partial charge in [0.15, 0.2) is 0 Å². The van der Waals surface area contributed by atoms with Crippen LogP contribution in [-0.4, -0.2) is 5.91 Å². The van der Waals surface area contributed by atoms with Crippen molar-refractivity contribution >= 4 is 21.8 Å². The van der Waals surface area contributed by atoms with Gasteiger partial charge in [0.25, 0.3) is 0 Å². The Morgan fingerprint density at radius 1 is 1.21 bits per heavy atom. The second-order valence-electron chi connectivity index (χ2n) is 3.67. The van der Waals surface area contributed by atoms with Crippen LogP contribution in [0.1, 0.15) is 34.3 Å². The Morgan fingerprint density at radius 2 is 1.79 bits per heavy atom. The molecule has 14 heavy (non-hydrogen) atoms. The molecule has 74 valence electrons. The molecule has 1 aliphatic carbocycles. The maximum absolute atomic E-state index is 11.1. The van der Waals surface area contributed by atoms with Gasteiger partial charge < -0.3 is 5.73 Å². The highest BCUT2D eigenvalue weighted by atomic mass is 79.9. The van der Waals surface area contributed by atoms with Crippen LogP contribution < -0.4 is 5.73 Å². The van der Waals surface area contributed by atoms with Crippen molar-refractivity contribution in [3.8, 4) is 0 Å². The molecule has 1 aliphatic rings. The quantitative estimate of drug-likeness (QED) is 0.821. The molecule has 0 saturated carbocycles. The number of primary amides is 1. The van der Waals surface area contributed by atoms with Crippen LogP contribution in [0.4, 0.5) is 0 Å². The molecule has 0 aromatic heterocycles. The largest absolute Gasteiger partial charge is 0.366 e. The second kappa shape index (κ2) is 3.73. The van der Waals surface area contributed by atoms with Crippen molar-refractivity contribution in [1.29, 1.82) is 0 Å². The third-order valence-corrected chi connectivity index (χ3v) is 3.35. The fourth-order valence-electron chi connectivity index (χ4n) is 1.94. The van der Waals surface area contributed by atoms with Crippen LogP contribution in [-0.2, 0) is 12.8 Å². The van der Waals surface area contributed by atoms with Crippen molar-refractivity contribution in [3.63, 3.8) is 0 Å². The summed E-state index contributed by atoms with van der Waals surface area (Å²) in [6.07, 6.45) is 4.65. The van der Waals surface area contributed by atoms with E-state index in [9.17, 15) is 4.79 Å². The van der Waals surface area contributed by atoms with Gasteiger partial charge in [-0.2, -0.15) is 0 Å². The van der Waals surface area contributed by atoms with E-state index in [-0.39, 0.29) is 5.91 Å². The van der Waals surface area contributed by atoms with Crippen molar-refractivity contribution in [2.75, 3.05) is 0 Å². The van der Waals surface area contributed by atoms with Crippen LogP contribution in [0.15, 0.2) is 16.6 Å². The molecule has 0 radical (unpaired) electrons. The molecule has 0 unspecified atom stereocenters. The maximum atomic E-state index is 11.1. The van der Waals surface area contributed by atoms with E-state index in [4.69, 9.17) is 5.73 Å². The van der Waals surface area contributed by atoms with Crippen molar-refractivity contribution < 1.29 is 4.79 Å². The summed E-state index contributed by atoms with van der Waals surface area (Å²) in [4.78, 5) is 11.1. The van der Waals surface area contributed by atoms with Crippen LogP contribution in [0.3, 0.4) is 0 Å². The second-order valence-corrected chi connectivity index (χ2v) is 4.53. The van der Waals surface area contributed by atoms with E-state index >= 15 is 0 Å². The molecule has 3 heteroatoms. The summed E-state index contributed by atoms with van der Waals surface area (Å²) in [7, 11) is 0. The van der Waals surface area contributed by atoms with E-state index in [1.807, 2.05) is 12.1 Å². The normalized spacial score (nSPS) is 14.9. The summed E-state index contributed by atoms with van der Waals surface area (Å²) in [6, 6.07) is 3.97. The van der Waals surface area contributed by atoms with E-state index in [1.165, 1.54) is 24.0 Å². The highest BCUT2D eigenvalue weighted by Gasteiger charge is 2.14. The van der Waals surface area contributed by atoms with Crippen LogP contribution >= 0.6 is 15.9 Å². The van der Waals surface area contributed by atoms with Gasteiger partial charge in [0.1, 0.15) is 0 Å². The summed E-state index contributed by atoms with van der Waals surface area (Å²) in [5.74, 6) is -0.356. The Bertz CT molecular complexity index is 387. The zero-order valence-electron chi connectivity index (χ0n) is 7.85. The van der Waals surface area contributed by atoms with Gasteiger partial charge in [0, 0.05) is 4.47 Å². The Kier molecular flexibility index (Phi) is 2.59. The third kappa shape index (κ3) is 1.69. The number of fused-ring (bicyclic) bond motifs is 1. The highest BCUT2D eigenvalue weighted by molar-refractivity contribution is 9.10. The lowest BCUT2D eigenvalue weighted by Crippen LogP contribution is -2.14. The van der Waals surface area contributed by atoms with Crippen LogP contribution in [0.5, 0.6) is 0 Å². The minimum atomic E-state index is -0.356. The van der Waals surface area contributed by atoms with Gasteiger partial charge in [-0.1, -0.05) is 0 Å². The Hall–Kier alpha value is -0.830. The average molecular weight is 254 g/mol. The first-order valence-electron chi connectivity index (χ1n) is 4.79. The molecule has 0 heterocycles. The molecule has 2 N–H and O–H groups in total. The van der Waals surface area contributed by atoms with E-state index < -0.39 is 0 Å². The number of halogens is 1. The van der Waals surface area contributed by atoms with Crippen molar-refractivity contribution in [3.05, 3.63) is 33.3 Å². The van der Waals surface area contributed by atoms with E-state index in [0.29, 0.717) is 5.56 Å². The number of amides is 1. The van der Waals surface area contributed by atoms with E-state index in [2.05, 4.69) is 15.9 Å². The summed E-state index contributed by atoms with van der Waals surface area (Å²) in [5.41, 5.74) is 8.52. The van der Waals surface area contributed by atoms with Crippen LogP contribution in [0, 0.1) is 0 Å². The molecular weight excluding hydrogens is 242 g/mol. The summed E-state index contributed by atoms with van der Waals surface area (Å²) >= 11 is 3.38. The number of hydrogen-bond donors (Lipinski definition) is 1. The predicted molar refractivity (Wildman–Crippen MR) is 59.3 cm³/mol. The molecule has 0 saturated heterocycles. The Balaban J connectivity index is 2.50. The topological polar surface area (TPSA) is 43.1 Å². The number of carbonyl (C=O) groups is 1. The molecule has 2 nitrogen and oxygen atoms in total. The van der Waals surface area contributed by atoms with Crippen LogP contribution in [0.2, 0.25) is 0 Å². The standard InChI is InChI=1S/C11H12BrNO/c12-10-6-8-4-2-1-3-7(8)5-9(10)11(13)14/h5-6H,1-4H2,(H2,13,14). The lowest BCUT2D eigenvalue weighted by molar-refractivity contribution is 0.0999. The molecule has 0 fully saturated rings. The van der Waals surface area contributed by atoms with Crippen LogP contribution in [0.25, 0.3) is 0 Å². The minimum absolute atomic E-state index is 0.356.